The lowest BCUT2D eigenvalue weighted by molar-refractivity contribution is 0.0859. The highest BCUT2D eigenvalue weighted by Crippen LogP contribution is 2.12. The van der Waals surface area contributed by atoms with Crippen molar-refractivity contribution in [1.82, 2.24) is 0 Å². The molecule has 0 aliphatic heterocycles. The van der Waals surface area contributed by atoms with Gasteiger partial charge >= 0.3 is 8.80 Å². The lowest BCUT2D eigenvalue weighted by Gasteiger charge is -2.28. The van der Waals surface area contributed by atoms with E-state index < -0.39 is 8.80 Å². The second-order valence-electron chi connectivity index (χ2n) is 3.99. The average molecular weight is 347 g/mol. The zero-order valence-corrected chi connectivity index (χ0v) is 14.5. The van der Waals surface area contributed by atoms with Crippen LogP contribution in [0.2, 0.25) is 0 Å². The maximum absolute atomic E-state index is 5.88. The molecule has 0 radical (unpaired) electrons. The highest BCUT2D eigenvalue weighted by Gasteiger charge is 2.42. The fourth-order valence-electron chi connectivity index (χ4n) is 1.93. The molecule has 1 aromatic carbocycles. The molecule has 108 valence electrons. The van der Waals surface area contributed by atoms with Crippen LogP contribution in [0, 0.1) is 0 Å². The molecule has 0 fully saturated rings. The number of aryl methyl sites for hydroxylation is 1. The normalized spacial score (nSPS) is 11.8. The van der Waals surface area contributed by atoms with Gasteiger partial charge in [0.1, 0.15) is 0 Å². The van der Waals surface area contributed by atoms with Crippen molar-refractivity contribution in [2.45, 2.75) is 27.2 Å². The van der Waals surface area contributed by atoms with Gasteiger partial charge in [-0.25, -0.2) is 0 Å². The number of hydrogen-bond donors (Lipinski definition) is 0. The van der Waals surface area contributed by atoms with Crippen molar-refractivity contribution in [1.29, 1.82) is 0 Å². The van der Waals surface area contributed by atoms with Crippen LogP contribution in [0.3, 0.4) is 0 Å². The standard InChI is InChI=1S/C14H23BrO3Si/c1-4-16-19(17-5-2,18-6-3)14-9-7-13(8-10-14)11-12-15/h7-10H,4-6,11-12H2,1-3H3. The van der Waals surface area contributed by atoms with Crippen molar-refractivity contribution in [2.24, 2.45) is 0 Å². The average Bonchev–Trinajstić information content (AvgIpc) is 2.41. The minimum absolute atomic E-state index is 0.593. The van der Waals surface area contributed by atoms with Gasteiger partial charge in [-0.3, -0.25) is 0 Å². The van der Waals surface area contributed by atoms with E-state index >= 15 is 0 Å². The van der Waals surface area contributed by atoms with Crippen LogP contribution < -0.4 is 5.19 Å². The largest absolute Gasteiger partial charge is 0.537 e. The Balaban J connectivity index is 3.00. The Morgan fingerprint density at radius 3 is 1.74 bits per heavy atom. The second kappa shape index (κ2) is 8.87. The first kappa shape index (κ1) is 16.9. The van der Waals surface area contributed by atoms with E-state index in [0.29, 0.717) is 19.8 Å². The zero-order chi connectivity index (χ0) is 14.1. The molecule has 0 aromatic heterocycles. The molecule has 19 heavy (non-hydrogen) atoms. The van der Waals surface area contributed by atoms with E-state index in [9.17, 15) is 0 Å². The molecule has 0 spiro atoms. The predicted molar refractivity (Wildman–Crippen MR) is 84.2 cm³/mol. The zero-order valence-electron chi connectivity index (χ0n) is 11.9. The topological polar surface area (TPSA) is 27.7 Å². The smallest absolute Gasteiger partial charge is 0.370 e. The van der Waals surface area contributed by atoms with Gasteiger partial charge in [-0.15, -0.1) is 0 Å². The number of halogens is 1. The number of benzene rings is 1. The first-order valence-corrected chi connectivity index (χ1v) is 9.64. The molecule has 1 aromatic rings. The molecule has 0 saturated carbocycles. The molecule has 0 bridgehead atoms. The molecule has 3 nitrogen and oxygen atoms in total. The van der Waals surface area contributed by atoms with Crippen molar-refractivity contribution in [3.05, 3.63) is 29.8 Å². The molecular weight excluding hydrogens is 324 g/mol. The summed E-state index contributed by atoms with van der Waals surface area (Å²) in [5, 5.41) is 2.01. The Bertz CT molecular complexity index is 339. The van der Waals surface area contributed by atoms with Crippen LogP contribution in [0.5, 0.6) is 0 Å². The van der Waals surface area contributed by atoms with Crippen LogP contribution in [0.1, 0.15) is 26.3 Å². The Morgan fingerprint density at radius 2 is 1.37 bits per heavy atom. The van der Waals surface area contributed by atoms with Gasteiger partial charge in [0.15, 0.2) is 0 Å². The third kappa shape index (κ3) is 4.68. The van der Waals surface area contributed by atoms with Crippen LogP contribution in [-0.2, 0) is 19.7 Å². The van der Waals surface area contributed by atoms with E-state index in [1.807, 2.05) is 20.8 Å². The minimum atomic E-state index is -2.73. The number of rotatable bonds is 9. The van der Waals surface area contributed by atoms with Crippen LogP contribution in [0.25, 0.3) is 0 Å². The van der Waals surface area contributed by atoms with E-state index in [1.54, 1.807) is 0 Å². The van der Waals surface area contributed by atoms with Gasteiger partial charge in [0.05, 0.1) is 0 Å². The van der Waals surface area contributed by atoms with Gasteiger partial charge in [0.25, 0.3) is 0 Å². The summed E-state index contributed by atoms with van der Waals surface area (Å²) in [4.78, 5) is 0. The SMILES string of the molecule is CCO[Si](OCC)(OCC)c1ccc(CCBr)cc1. The number of hydrogen-bond acceptors (Lipinski definition) is 3. The summed E-state index contributed by atoms with van der Waals surface area (Å²) in [7, 11) is -2.73. The molecule has 0 heterocycles. The van der Waals surface area contributed by atoms with Gasteiger partial charge in [0.2, 0.25) is 0 Å². The molecule has 0 aliphatic carbocycles. The molecular formula is C14H23BrO3Si. The van der Waals surface area contributed by atoms with E-state index in [0.717, 1.165) is 16.9 Å². The Kier molecular flexibility index (Phi) is 7.86. The predicted octanol–water partition coefficient (Wildman–Crippen LogP) is 2.88. The summed E-state index contributed by atoms with van der Waals surface area (Å²) >= 11 is 3.45. The molecule has 1 rings (SSSR count). The molecule has 5 heteroatoms. The van der Waals surface area contributed by atoms with Crippen molar-refractivity contribution >= 4 is 29.9 Å². The maximum Gasteiger partial charge on any atom is 0.537 e. The van der Waals surface area contributed by atoms with E-state index in [4.69, 9.17) is 13.3 Å². The summed E-state index contributed by atoms with van der Waals surface area (Å²) in [6.45, 7) is 7.69. The summed E-state index contributed by atoms with van der Waals surface area (Å²) in [5.41, 5.74) is 1.30. The fraction of sp³-hybridized carbons (Fsp3) is 0.571. The molecule has 0 unspecified atom stereocenters. The van der Waals surface area contributed by atoms with E-state index in [2.05, 4.69) is 40.2 Å². The van der Waals surface area contributed by atoms with Crippen LogP contribution in [0.15, 0.2) is 24.3 Å². The van der Waals surface area contributed by atoms with Gasteiger partial charge in [-0.2, -0.15) is 0 Å². The van der Waals surface area contributed by atoms with Crippen LogP contribution >= 0.6 is 15.9 Å². The molecule has 0 aliphatic rings. The molecule has 0 amide bonds. The quantitative estimate of drug-likeness (QED) is 0.508. The molecule has 0 saturated heterocycles. The highest BCUT2D eigenvalue weighted by molar-refractivity contribution is 9.09. The third-order valence-corrected chi connectivity index (χ3v) is 6.14. The van der Waals surface area contributed by atoms with Crippen molar-refractivity contribution < 1.29 is 13.3 Å². The first-order chi connectivity index (χ1) is 9.22. The first-order valence-electron chi connectivity index (χ1n) is 6.79. The lowest BCUT2D eigenvalue weighted by Crippen LogP contribution is -2.56. The number of alkyl halides is 1. The molecule has 0 atom stereocenters. The Morgan fingerprint density at radius 1 is 0.895 bits per heavy atom. The minimum Gasteiger partial charge on any atom is -0.370 e. The Labute approximate surface area is 125 Å². The maximum atomic E-state index is 5.88. The fourth-order valence-corrected chi connectivity index (χ4v) is 4.85. The van der Waals surface area contributed by atoms with E-state index in [1.165, 1.54) is 5.56 Å². The Hall–Kier alpha value is -0.203. The second-order valence-corrected chi connectivity index (χ2v) is 7.34. The van der Waals surface area contributed by atoms with Gasteiger partial charge in [0, 0.05) is 30.3 Å². The summed E-state index contributed by atoms with van der Waals surface area (Å²) in [6, 6.07) is 8.39. The third-order valence-electron chi connectivity index (χ3n) is 2.69. The summed E-state index contributed by atoms with van der Waals surface area (Å²) in [5.74, 6) is 0. The van der Waals surface area contributed by atoms with Gasteiger partial charge < -0.3 is 13.3 Å². The van der Waals surface area contributed by atoms with Crippen molar-refractivity contribution in [3.63, 3.8) is 0 Å². The molecule has 0 N–H and O–H groups in total. The van der Waals surface area contributed by atoms with Gasteiger partial charge in [-0.05, 0) is 32.8 Å². The lowest BCUT2D eigenvalue weighted by atomic mass is 10.2. The van der Waals surface area contributed by atoms with Crippen molar-refractivity contribution in [3.8, 4) is 0 Å². The van der Waals surface area contributed by atoms with Gasteiger partial charge in [-0.1, -0.05) is 40.2 Å². The van der Waals surface area contributed by atoms with E-state index in [-0.39, 0.29) is 0 Å². The summed E-state index contributed by atoms with van der Waals surface area (Å²) < 4.78 is 17.6. The van der Waals surface area contributed by atoms with Crippen LogP contribution in [-0.4, -0.2) is 34.0 Å². The summed E-state index contributed by atoms with van der Waals surface area (Å²) in [6.07, 6.45) is 1.02. The van der Waals surface area contributed by atoms with Crippen LogP contribution in [0.4, 0.5) is 0 Å². The highest BCUT2D eigenvalue weighted by atomic mass is 79.9. The van der Waals surface area contributed by atoms with Crippen molar-refractivity contribution in [2.75, 3.05) is 25.2 Å². The monoisotopic (exact) mass is 346 g/mol.